The number of tetrazole rings is 1. The first-order chi connectivity index (χ1) is 13.5. The summed E-state index contributed by atoms with van der Waals surface area (Å²) in [5.74, 6) is 0.878. The predicted molar refractivity (Wildman–Crippen MR) is 111 cm³/mol. The van der Waals surface area contributed by atoms with Crippen molar-refractivity contribution in [2.45, 2.75) is 36.6 Å². The van der Waals surface area contributed by atoms with Crippen LogP contribution in [0.3, 0.4) is 0 Å². The van der Waals surface area contributed by atoms with E-state index in [4.69, 9.17) is 4.28 Å². The number of hydrogen-bond acceptors (Lipinski definition) is 7. The van der Waals surface area contributed by atoms with E-state index in [1.165, 1.54) is 9.69 Å². The lowest BCUT2D eigenvalue weighted by Gasteiger charge is -2.15. The highest BCUT2D eigenvalue weighted by molar-refractivity contribution is 7.98. The number of hydrogen-bond donors (Lipinski definition) is 1. The molecular formula is C19H23N5O2S2. The van der Waals surface area contributed by atoms with Crippen molar-refractivity contribution >= 4 is 22.8 Å². The molecule has 3 aromatic rings. The van der Waals surface area contributed by atoms with E-state index in [1.807, 2.05) is 37.4 Å². The van der Waals surface area contributed by atoms with E-state index in [9.17, 15) is 4.21 Å². The number of nitrogens with one attached hydrogen (secondary N) is 1. The molecule has 1 N–H and O–H groups in total. The van der Waals surface area contributed by atoms with Gasteiger partial charge in [-0.3, -0.25) is 0 Å². The molecule has 0 spiro atoms. The zero-order chi connectivity index (χ0) is 20.1. The van der Waals surface area contributed by atoms with E-state index in [2.05, 4.69) is 34.7 Å². The topological polar surface area (TPSA) is 81.9 Å². The Morgan fingerprint density at radius 3 is 2.36 bits per heavy atom. The fourth-order valence-corrected chi connectivity index (χ4v) is 3.28. The van der Waals surface area contributed by atoms with Crippen LogP contribution in [0, 0.1) is 5.92 Å². The molecule has 2 aromatic carbocycles. The Hall–Kier alpha value is -2.07. The minimum atomic E-state index is -1.59. The van der Waals surface area contributed by atoms with Crippen molar-refractivity contribution in [2.24, 2.45) is 5.92 Å². The zero-order valence-corrected chi connectivity index (χ0v) is 17.8. The summed E-state index contributed by atoms with van der Waals surface area (Å²) in [7, 11) is 0. The van der Waals surface area contributed by atoms with Crippen molar-refractivity contribution in [2.75, 3.05) is 6.26 Å². The summed E-state index contributed by atoms with van der Waals surface area (Å²) < 4.78 is 17.5. The lowest BCUT2D eigenvalue weighted by atomic mass is 10.1. The van der Waals surface area contributed by atoms with Crippen LogP contribution in [0.15, 0.2) is 58.3 Å². The first-order valence-corrected chi connectivity index (χ1v) is 11.2. The maximum Gasteiger partial charge on any atom is 0.206 e. The van der Waals surface area contributed by atoms with Gasteiger partial charge in [0.15, 0.2) is 0 Å². The minimum Gasteiger partial charge on any atom is -0.223 e. The Morgan fingerprint density at radius 1 is 1.07 bits per heavy atom. The summed E-state index contributed by atoms with van der Waals surface area (Å²) in [5.41, 5.74) is 4.45. The second kappa shape index (κ2) is 9.42. The predicted octanol–water partition coefficient (Wildman–Crippen LogP) is 3.64. The monoisotopic (exact) mass is 417 g/mol. The normalized spacial score (nSPS) is 13.6. The van der Waals surface area contributed by atoms with E-state index in [0.717, 1.165) is 11.3 Å². The van der Waals surface area contributed by atoms with Gasteiger partial charge in [-0.1, -0.05) is 13.8 Å². The molecule has 28 heavy (non-hydrogen) atoms. The first kappa shape index (κ1) is 20.7. The molecule has 2 atom stereocenters. The lowest BCUT2D eigenvalue weighted by molar-refractivity contribution is 0.160. The number of rotatable bonds is 8. The van der Waals surface area contributed by atoms with Gasteiger partial charge in [0.2, 0.25) is 16.9 Å². The Labute approximate surface area is 171 Å². The Kier molecular flexibility index (Phi) is 6.95. The van der Waals surface area contributed by atoms with Gasteiger partial charge in [0.1, 0.15) is 0 Å². The fourth-order valence-electron chi connectivity index (χ4n) is 2.17. The third-order valence-corrected chi connectivity index (χ3v) is 5.98. The molecule has 148 valence electrons. The van der Waals surface area contributed by atoms with Gasteiger partial charge in [-0.2, -0.15) is 9.76 Å². The summed E-state index contributed by atoms with van der Waals surface area (Å²) in [4.78, 5) is 3.23. The molecule has 0 amide bonds. The van der Waals surface area contributed by atoms with Crippen LogP contribution >= 0.6 is 11.8 Å². The van der Waals surface area contributed by atoms with Gasteiger partial charge in [0.05, 0.1) is 10.6 Å². The second-order valence-electron chi connectivity index (χ2n) is 6.59. The van der Waals surface area contributed by atoms with E-state index < -0.39 is 11.1 Å². The summed E-state index contributed by atoms with van der Waals surface area (Å²) in [5, 5.41) is 12.7. The van der Waals surface area contributed by atoms with Gasteiger partial charge >= 0.3 is 0 Å². The van der Waals surface area contributed by atoms with E-state index in [0.29, 0.717) is 16.6 Å². The molecule has 1 aromatic heterocycles. The van der Waals surface area contributed by atoms with Gasteiger partial charge in [0.25, 0.3) is 0 Å². The van der Waals surface area contributed by atoms with Crippen LogP contribution in [-0.2, 0) is 15.4 Å². The van der Waals surface area contributed by atoms with Crippen molar-refractivity contribution in [3.8, 4) is 17.1 Å². The van der Waals surface area contributed by atoms with E-state index >= 15 is 0 Å². The van der Waals surface area contributed by atoms with Crippen LogP contribution < -0.4 is 5.48 Å². The highest BCUT2D eigenvalue weighted by Gasteiger charge is 2.12. The van der Waals surface area contributed by atoms with Crippen LogP contribution in [-0.4, -0.2) is 36.7 Å². The molecule has 0 aliphatic rings. The average Bonchev–Trinajstić information content (AvgIpc) is 3.22. The molecule has 0 saturated heterocycles. The number of nitrogens with zero attached hydrogens (tertiary/aromatic N) is 4. The molecule has 0 aliphatic heterocycles. The van der Waals surface area contributed by atoms with Gasteiger partial charge in [0, 0.05) is 16.5 Å². The standard InChI is InChI=1S/C19H23N5O2S2/c1-13(2)14(3)22-26-28(25)18-11-5-15(6-12-18)19-20-23-24(21-19)16-7-9-17(27-4)10-8-16/h5-14,22H,1-4H3. The number of hydroxylamine groups is 1. The van der Waals surface area contributed by atoms with Crippen LogP contribution in [0.4, 0.5) is 0 Å². The van der Waals surface area contributed by atoms with Crippen molar-refractivity contribution in [1.29, 1.82) is 0 Å². The maximum absolute atomic E-state index is 12.2. The minimum absolute atomic E-state index is 0.104. The molecule has 2 unspecified atom stereocenters. The Balaban J connectivity index is 1.68. The van der Waals surface area contributed by atoms with Gasteiger partial charge in [-0.15, -0.1) is 26.8 Å². The maximum atomic E-state index is 12.2. The van der Waals surface area contributed by atoms with Gasteiger partial charge in [-0.05, 0) is 72.8 Å². The molecule has 0 fully saturated rings. The Morgan fingerprint density at radius 2 is 1.75 bits per heavy atom. The van der Waals surface area contributed by atoms with E-state index in [1.54, 1.807) is 36.0 Å². The van der Waals surface area contributed by atoms with Crippen LogP contribution in [0.25, 0.3) is 17.1 Å². The molecule has 0 aliphatic carbocycles. The van der Waals surface area contributed by atoms with Crippen LogP contribution in [0.1, 0.15) is 20.8 Å². The zero-order valence-electron chi connectivity index (χ0n) is 16.2. The number of aromatic nitrogens is 4. The molecule has 0 radical (unpaired) electrons. The third-order valence-electron chi connectivity index (χ3n) is 4.33. The van der Waals surface area contributed by atoms with Gasteiger partial charge in [-0.25, -0.2) is 4.21 Å². The van der Waals surface area contributed by atoms with Crippen molar-refractivity contribution in [1.82, 2.24) is 25.7 Å². The van der Waals surface area contributed by atoms with Gasteiger partial charge < -0.3 is 0 Å². The van der Waals surface area contributed by atoms with Crippen LogP contribution in [0.2, 0.25) is 0 Å². The van der Waals surface area contributed by atoms with Crippen molar-refractivity contribution in [3.05, 3.63) is 48.5 Å². The summed E-state index contributed by atoms with van der Waals surface area (Å²) in [6, 6.07) is 15.1. The first-order valence-electron chi connectivity index (χ1n) is 8.87. The van der Waals surface area contributed by atoms with Crippen molar-refractivity contribution in [3.63, 3.8) is 0 Å². The largest absolute Gasteiger partial charge is 0.223 e. The highest BCUT2D eigenvalue weighted by atomic mass is 32.2. The quantitative estimate of drug-likeness (QED) is 0.443. The molecule has 9 heteroatoms. The number of benzene rings is 2. The average molecular weight is 418 g/mol. The lowest BCUT2D eigenvalue weighted by Crippen LogP contribution is -2.31. The smallest absolute Gasteiger partial charge is 0.206 e. The van der Waals surface area contributed by atoms with Crippen LogP contribution in [0.5, 0.6) is 0 Å². The fraction of sp³-hybridized carbons (Fsp3) is 0.316. The Bertz CT molecular complexity index is 926. The summed E-state index contributed by atoms with van der Waals surface area (Å²) >= 11 is 0.0915. The molecule has 0 saturated carbocycles. The molecule has 3 rings (SSSR count). The molecular weight excluding hydrogens is 394 g/mol. The van der Waals surface area contributed by atoms with E-state index in [-0.39, 0.29) is 6.04 Å². The van der Waals surface area contributed by atoms with Crippen molar-refractivity contribution < 1.29 is 8.49 Å². The molecule has 7 nitrogen and oxygen atoms in total. The molecule has 1 heterocycles. The second-order valence-corrected chi connectivity index (χ2v) is 8.58. The highest BCUT2D eigenvalue weighted by Crippen LogP contribution is 2.19. The SMILES string of the molecule is CSc1ccc(-n2nnc(-c3ccc(S(=O)ONC(C)C(C)C)cc3)n2)cc1. The number of thioether (sulfide) groups is 1. The summed E-state index contributed by atoms with van der Waals surface area (Å²) in [6.45, 7) is 6.11. The molecule has 0 bridgehead atoms. The third kappa shape index (κ3) is 5.05. The summed E-state index contributed by atoms with van der Waals surface area (Å²) in [6.07, 6.45) is 2.03.